The Bertz CT molecular complexity index is 484. The molecule has 1 unspecified atom stereocenters. The van der Waals surface area contributed by atoms with Gasteiger partial charge in [-0.2, -0.15) is 0 Å². The Kier molecular flexibility index (Phi) is 3.36. The van der Waals surface area contributed by atoms with Crippen molar-refractivity contribution in [3.63, 3.8) is 0 Å². The predicted molar refractivity (Wildman–Crippen MR) is 76.0 cm³/mol. The second-order valence-corrected chi connectivity index (χ2v) is 5.35. The lowest BCUT2D eigenvalue weighted by Gasteiger charge is -2.28. The van der Waals surface area contributed by atoms with Gasteiger partial charge in [0, 0.05) is 4.47 Å². The molecule has 2 rings (SSSR count). The van der Waals surface area contributed by atoms with Crippen molar-refractivity contribution < 1.29 is 0 Å². The lowest BCUT2D eigenvalue weighted by Crippen LogP contribution is -2.35. The molecule has 0 aliphatic carbocycles. The van der Waals surface area contributed by atoms with Crippen LogP contribution in [0.25, 0.3) is 0 Å². The van der Waals surface area contributed by atoms with Crippen molar-refractivity contribution in [1.29, 1.82) is 0 Å². The summed E-state index contributed by atoms with van der Waals surface area (Å²) in [4.78, 5) is 0. The molecule has 0 amide bonds. The zero-order valence-corrected chi connectivity index (χ0v) is 11.7. The van der Waals surface area contributed by atoms with E-state index in [1.807, 2.05) is 30.3 Å². The fraction of sp³-hybridized carbons (Fsp3) is 0.200. The highest BCUT2D eigenvalue weighted by atomic mass is 79.9. The van der Waals surface area contributed by atoms with Crippen LogP contribution in [-0.4, -0.2) is 0 Å². The maximum atomic E-state index is 6.53. The van der Waals surface area contributed by atoms with E-state index in [0.29, 0.717) is 0 Å². The molecule has 0 bridgehead atoms. The van der Waals surface area contributed by atoms with Gasteiger partial charge in [0.1, 0.15) is 0 Å². The van der Waals surface area contributed by atoms with Crippen molar-refractivity contribution in [2.45, 2.75) is 19.4 Å². The molecule has 0 fully saturated rings. The Morgan fingerprint density at radius 1 is 0.941 bits per heavy atom. The Morgan fingerprint density at radius 2 is 1.47 bits per heavy atom. The Labute approximate surface area is 111 Å². The largest absolute Gasteiger partial charge is 0.318 e. The lowest BCUT2D eigenvalue weighted by atomic mass is 9.83. The zero-order valence-electron chi connectivity index (χ0n) is 10.1. The molecule has 2 aromatic rings. The van der Waals surface area contributed by atoms with E-state index in [0.717, 1.165) is 15.6 Å². The van der Waals surface area contributed by atoms with Crippen LogP contribution >= 0.6 is 15.9 Å². The molecule has 88 valence electrons. The minimum absolute atomic E-state index is 0.481. The van der Waals surface area contributed by atoms with E-state index >= 15 is 0 Å². The van der Waals surface area contributed by atoms with E-state index in [1.54, 1.807) is 0 Å². The quantitative estimate of drug-likeness (QED) is 0.889. The van der Waals surface area contributed by atoms with E-state index in [-0.39, 0.29) is 0 Å². The second-order valence-electron chi connectivity index (χ2n) is 4.50. The molecule has 0 heterocycles. The highest BCUT2D eigenvalue weighted by Gasteiger charge is 2.26. The molecule has 2 aromatic carbocycles. The second kappa shape index (κ2) is 4.63. The molecule has 0 aliphatic rings. The molecular formula is C15H16BrN. The number of benzene rings is 2. The summed E-state index contributed by atoms with van der Waals surface area (Å²) in [7, 11) is 0. The van der Waals surface area contributed by atoms with Crippen molar-refractivity contribution in [2.24, 2.45) is 5.73 Å². The van der Waals surface area contributed by atoms with Gasteiger partial charge in [-0.15, -0.1) is 0 Å². The van der Waals surface area contributed by atoms with Gasteiger partial charge >= 0.3 is 0 Å². The van der Waals surface area contributed by atoms with Crippen LogP contribution in [0.15, 0.2) is 53.0 Å². The van der Waals surface area contributed by atoms with Crippen molar-refractivity contribution in [2.75, 3.05) is 0 Å². The van der Waals surface area contributed by atoms with E-state index in [4.69, 9.17) is 5.73 Å². The number of rotatable bonds is 2. The standard InChI is InChI=1S/C15H16BrN/c1-11-7-3-4-8-12(11)15(2,17)13-9-5-6-10-14(13)16/h3-10H,17H2,1-2H3. The van der Waals surface area contributed by atoms with E-state index in [2.05, 4.69) is 48.0 Å². The van der Waals surface area contributed by atoms with Crippen LogP contribution < -0.4 is 5.73 Å². The number of hydrogen-bond donors (Lipinski definition) is 1. The molecule has 0 saturated carbocycles. The average molecular weight is 290 g/mol. The summed E-state index contributed by atoms with van der Waals surface area (Å²) < 4.78 is 1.05. The molecule has 0 aliphatic heterocycles. The van der Waals surface area contributed by atoms with Crippen LogP contribution in [0.2, 0.25) is 0 Å². The lowest BCUT2D eigenvalue weighted by molar-refractivity contribution is 0.596. The smallest absolute Gasteiger partial charge is 0.0650 e. The fourth-order valence-electron chi connectivity index (χ4n) is 2.18. The van der Waals surface area contributed by atoms with E-state index < -0.39 is 5.54 Å². The number of nitrogens with two attached hydrogens (primary N) is 1. The highest BCUT2D eigenvalue weighted by molar-refractivity contribution is 9.10. The molecule has 1 atom stereocenters. The molecule has 17 heavy (non-hydrogen) atoms. The van der Waals surface area contributed by atoms with Gasteiger partial charge in [0.05, 0.1) is 5.54 Å². The number of halogens is 1. The minimum atomic E-state index is -0.481. The molecule has 0 radical (unpaired) electrons. The van der Waals surface area contributed by atoms with E-state index in [1.165, 1.54) is 5.56 Å². The molecule has 0 aromatic heterocycles. The molecule has 1 nitrogen and oxygen atoms in total. The average Bonchev–Trinajstić information content (AvgIpc) is 2.29. The zero-order chi connectivity index (χ0) is 12.5. The van der Waals surface area contributed by atoms with Crippen LogP contribution in [0, 0.1) is 6.92 Å². The maximum absolute atomic E-state index is 6.53. The van der Waals surface area contributed by atoms with Gasteiger partial charge in [0.15, 0.2) is 0 Å². The third kappa shape index (κ3) is 2.28. The van der Waals surface area contributed by atoms with Crippen molar-refractivity contribution >= 4 is 15.9 Å². The summed E-state index contributed by atoms with van der Waals surface area (Å²) in [5, 5.41) is 0. The summed E-state index contributed by atoms with van der Waals surface area (Å²) in [6.45, 7) is 4.15. The summed E-state index contributed by atoms with van der Waals surface area (Å²) in [5.74, 6) is 0. The van der Waals surface area contributed by atoms with Crippen molar-refractivity contribution in [1.82, 2.24) is 0 Å². The van der Waals surface area contributed by atoms with Crippen molar-refractivity contribution in [3.05, 3.63) is 69.7 Å². The monoisotopic (exact) mass is 289 g/mol. The van der Waals surface area contributed by atoms with Crippen LogP contribution in [0.1, 0.15) is 23.6 Å². The van der Waals surface area contributed by atoms with Crippen LogP contribution in [0.5, 0.6) is 0 Å². The molecular weight excluding hydrogens is 274 g/mol. The Morgan fingerprint density at radius 3 is 2.06 bits per heavy atom. The molecule has 2 N–H and O–H groups in total. The first kappa shape index (κ1) is 12.3. The maximum Gasteiger partial charge on any atom is 0.0650 e. The van der Waals surface area contributed by atoms with Crippen LogP contribution in [0.3, 0.4) is 0 Å². The van der Waals surface area contributed by atoms with Crippen LogP contribution in [-0.2, 0) is 5.54 Å². The van der Waals surface area contributed by atoms with Gasteiger partial charge in [-0.1, -0.05) is 58.4 Å². The van der Waals surface area contributed by atoms with E-state index in [9.17, 15) is 0 Å². The molecule has 0 spiro atoms. The fourth-order valence-corrected chi connectivity index (χ4v) is 2.88. The van der Waals surface area contributed by atoms with Gasteiger partial charge < -0.3 is 5.73 Å². The number of aryl methyl sites for hydroxylation is 1. The first-order valence-electron chi connectivity index (χ1n) is 5.63. The normalized spacial score (nSPS) is 14.4. The predicted octanol–water partition coefficient (Wildman–Crippen LogP) is 3.98. The summed E-state index contributed by atoms with van der Waals surface area (Å²) >= 11 is 3.57. The first-order valence-corrected chi connectivity index (χ1v) is 6.43. The highest BCUT2D eigenvalue weighted by Crippen LogP contribution is 2.33. The van der Waals surface area contributed by atoms with Gasteiger partial charge in [-0.05, 0) is 36.6 Å². The first-order chi connectivity index (χ1) is 8.03. The van der Waals surface area contributed by atoms with Crippen molar-refractivity contribution in [3.8, 4) is 0 Å². The minimum Gasteiger partial charge on any atom is -0.318 e. The SMILES string of the molecule is Cc1ccccc1C(C)(N)c1ccccc1Br. The van der Waals surface area contributed by atoms with Gasteiger partial charge in [-0.25, -0.2) is 0 Å². The summed E-state index contributed by atoms with van der Waals surface area (Å²) in [6, 6.07) is 16.4. The summed E-state index contributed by atoms with van der Waals surface area (Å²) in [6.07, 6.45) is 0. The van der Waals surface area contributed by atoms with Gasteiger partial charge in [0.25, 0.3) is 0 Å². The third-order valence-electron chi connectivity index (χ3n) is 3.14. The van der Waals surface area contributed by atoms with Gasteiger partial charge in [0.2, 0.25) is 0 Å². The summed E-state index contributed by atoms with van der Waals surface area (Å²) in [5.41, 5.74) is 9.53. The Hall–Kier alpha value is -1.12. The molecule has 0 saturated heterocycles. The molecule has 2 heteroatoms. The number of hydrogen-bond acceptors (Lipinski definition) is 1. The Balaban J connectivity index is 2.58. The third-order valence-corrected chi connectivity index (χ3v) is 3.83. The van der Waals surface area contributed by atoms with Gasteiger partial charge in [-0.3, -0.25) is 0 Å². The topological polar surface area (TPSA) is 26.0 Å². The van der Waals surface area contributed by atoms with Crippen LogP contribution in [0.4, 0.5) is 0 Å².